The van der Waals surface area contributed by atoms with Crippen molar-refractivity contribution in [1.82, 2.24) is 0 Å². The Balaban J connectivity index is 2.19. The first-order chi connectivity index (χ1) is 10.6. The molecule has 0 bridgehead atoms. The number of carbonyl (C=O) groups excluding carboxylic acids is 1. The van der Waals surface area contributed by atoms with Gasteiger partial charge in [-0.05, 0) is 5.53 Å². The zero-order chi connectivity index (χ0) is 16.1. The van der Waals surface area contributed by atoms with Gasteiger partial charge in [-0.3, -0.25) is 4.90 Å². The monoisotopic (exact) mass is 314 g/mol. The Hall–Kier alpha value is -2.58. The molecule has 1 saturated heterocycles. The van der Waals surface area contributed by atoms with E-state index in [0.717, 1.165) is 17.0 Å². The number of rotatable bonds is 6. The summed E-state index contributed by atoms with van der Waals surface area (Å²) in [5.41, 5.74) is 8.21. The summed E-state index contributed by atoms with van der Waals surface area (Å²) in [4.78, 5) is 15.3. The van der Waals surface area contributed by atoms with Crippen molar-refractivity contribution < 1.29 is 27.8 Å². The second-order valence-corrected chi connectivity index (χ2v) is 4.32. The Morgan fingerprint density at radius 1 is 1.50 bits per heavy atom. The summed E-state index contributed by atoms with van der Waals surface area (Å²) in [5.74, 6) is -2.54. The fourth-order valence-electron chi connectivity index (χ4n) is 1.91. The number of halogens is 2. The van der Waals surface area contributed by atoms with Crippen LogP contribution in [0, 0.1) is 11.6 Å². The molecule has 1 unspecified atom stereocenters. The van der Waals surface area contributed by atoms with Crippen LogP contribution < -0.4 is 9.64 Å². The Morgan fingerprint density at radius 3 is 2.77 bits per heavy atom. The van der Waals surface area contributed by atoms with Crippen LogP contribution in [0.3, 0.4) is 0 Å². The summed E-state index contributed by atoms with van der Waals surface area (Å²) in [6.45, 7) is -0.346. The predicted octanol–water partition coefficient (Wildman–Crippen LogP) is 2.58. The van der Waals surface area contributed by atoms with E-state index in [1.807, 2.05) is 0 Å². The number of ether oxygens (including phenoxy) is 3. The van der Waals surface area contributed by atoms with Gasteiger partial charge in [0.1, 0.15) is 6.10 Å². The summed E-state index contributed by atoms with van der Waals surface area (Å²) < 4.78 is 42.0. The van der Waals surface area contributed by atoms with Crippen LogP contribution in [0.1, 0.15) is 0 Å². The van der Waals surface area contributed by atoms with Crippen molar-refractivity contribution in [3.63, 3.8) is 0 Å². The van der Waals surface area contributed by atoms with Crippen molar-refractivity contribution in [2.45, 2.75) is 6.10 Å². The third-order valence-electron chi connectivity index (χ3n) is 2.84. The molecular formula is C12H12F2N4O4. The lowest BCUT2D eigenvalue weighted by Gasteiger charge is -2.15. The second-order valence-electron chi connectivity index (χ2n) is 4.32. The molecule has 0 radical (unpaired) electrons. The molecule has 0 N–H and O–H groups in total. The minimum atomic E-state index is -0.974. The Kier molecular flexibility index (Phi) is 4.97. The SMILES string of the molecule is COCOc1c(F)cc(N2CC(CN=[N+]=[N-])OC2=O)cc1F. The molecule has 2 rings (SSSR count). The highest BCUT2D eigenvalue weighted by molar-refractivity contribution is 5.89. The maximum atomic E-state index is 13.8. The van der Waals surface area contributed by atoms with Crippen LogP contribution in [0.25, 0.3) is 10.4 Å². The molecule has 0 aromatic heterocycles. The predicted molar refractivity (Wildman–Crippen MR) is 70.5 cm³/mol. The van der Waals surface area contributed by atoms with Crippen molar-refractivity contribution in [1.29, 1.82) is 0 Å². The van der Waals surface area contributed by atoms with E-state index in [9.17, 15) is 13.6 Å². The van der Waals surface area contributed by atoms with Gasteiger partial charge in [-0.15, -0.1) is 0 Å². The van der Waals surface area contributed by atoms with Crippen LogP contribution in [-0.4, -0.2) is 39.2 Å². The zero-order valence-corrected chi connectivity index (χ0v) is 11.5. The van der Waals surface area contributed by atoms with Crippen molar-refractivity contribution in [2.75, 3.05) is 31.9 Å². The largest absolute Gasteiger partial charge is 0.461 e. The molecule has 8 nitrogen and oxygen atoms in total. The average Bonchev–Trinajstić information content (AvgIpc) is 2.85. The summed E-state index contributed by atoms with van der Waals surface area (Å²) in [7, 11) is 1.31. The van der Waals surface area contributed by atoms with Gasteiger partial charge >= 0.3 is 6.09 Å². The smallest absolute Gasteiger partial charge is 0.414 e. The molecule has 1 aromatic carbocycles. The fourth-order valence-corrected chi connectivity index (χ4v) is 1.91. The first-order valence-corrected chi connectivity index (χ1v) is 6.16. The van der Waals surface area contributed by atoms with Gasteiger partial charge in [0.25, 0.3) is 0 Å². The Labute approximate surface area is 123 Å². The van der Waals surface area contributed by atoms with E-state index < -0.39 is 29.6 Å². The molecule has 1 aromatic rings. The molecule has 1 amide bonds. The molecule has 0 saturated carbocycles. The average molecular weight is 314 g/mol. The van der Waals surface area contributed by atoms with E-state index in [-0.39, 0.29) is 25.6 Å². The van der Waals surface area contributed by atoms with Crippen molar-refractivity contribution >= 4 is 11.8 Å². The van der Waals surface area contributed by atoms with Crippen LogP contribution in [0.4, 0.5) is 19.3 Å². The Morgan fingerprint density at radius 2 is 2.18 bits per heavy atom. The number of anilines is 1. The number of hydrogen-bond donors (Lipinski definition) is 0. The van der Waals surface area contributed by atoms with Crippen molar-refractivity contribution in [3.05, 3.63) is 34.2 Å². The summed E-state index contributed by atoms with van der Waals surface area (Å²) in [5, 5.41) is 3.29. The molecule has 1 aliphatic rings. The Bertz CT molecular complexity index is 598. The number of cyclic esters (lactones) is 1. The molecule has 118 valence electrons. The van der Waals surface area contributed by atoms with Gasteiger partial charge in [-0.25, -0.2) is 13.6 Å². The van der Waals surface area contributed by atoms with Crippen LogP contribution in [-0.2, 0) is 9.47 Å². The molecule has 1 atom stereocenters. The lowest BCUT2D eigenvalue weighted by molar-refractivity contribution is 0.0452. The van der Waals surface area contributed by atoms with Gasteiger partial charge < -0.3 is 14.2 Å². The molecule has 22 heavy (non-hydrogen) atoms. The van der Waals surface area contributed by atoms with Gasteiger partial charge in [0.15, 0.2) is 24.2 Å². The minimum Gasteiger partial charge on any atom is -0.461 e. The quantitative estimate of drug-likeness (QED) is 0.349. The topological polar surface area (TPSA) is 96.8 Å². The normalized spacial score (nSPS) is 17.1. The van der Waals surface area contributed by atoms with Crippen LogP contribution in [0.5, 0.6) is 5.75 Å². The maximum absolute atomic E-state index is 13.8. The van der Waals surface area contributed by atoms with Crippen molar-refractivity contribution in [2.24, 2.45) is 5.11 Å². The molecular weight excluding hydrogens is 302 g/mol. The minimum absolute atomic E-state index is 0.0202. The number of methoxy groups -OCH3 is 1. The second kappa shape index (κ2) is 6.92. The van der Waals surface area contributed by atoms with Crippen molar-refractivity contribution in [3.8, 4) is 5.75 Å². The van der Waals surface area contributed by atoms with E-state index in [1.165, 1.54) is 7.11 Å². The molecule has 1 aliphatic heterocycles. The summed E-state index contributed by atoms with van der Waals surface area (Å²) in [6.07, 6.45) is -1.44. The number of amides is 1. The third kappa shape index (κ3) is 3.35. The maximum Gasteiger partial charge on any atom is 0.414 e. The summed E-state index contributed by atoms with van der Waals surface area (Å²) in [6, 6.07) is 1.90. The summed E-state index contributed by atoms with van der Waals surface area (Å²) >= 11 is 0. The fraction of sp³-hybridized carbons (Fsp3) is 0.417. The van der Waals surface area contributed by atoms with E-state index >= 15 is 0 Å². The van der Waals surface area contributed by atoms with Gasteiger partial charge in [0, 0.05) is 24.2 Å². The number of carbonyl (C=O) groups is 1. The van der Waals surface area contributed by atoms with E-state index in [1.54, 1.807) is 0 Å². The molecule has 1 heterocycles. The first-order valence-electron chi connectivity index (χ1n) is 6.16. The lowest BCUT2D eigenvalue weighted by Crippen LogP contribution is -2.25. The lowest BCUT2D eigenvalue weighted by atomic mass is 10.2. The highest BCUT2D eigenvalue weighted by Crippen LogP contribution is 2.30. The number of hydrogen-bond acceptors (Lipinski definition) is 5. The van der Waals surface area contributed by atoms with E-state index in [4.69, 9.17) is 15.0 Å². The zero-order valence-electron chi connectivity index (χ0n) is 11.5. The standard InChI is InChI=1S/C12H12F2N4O4/c1-20-6-21-11-9(13)2-7(3-10(11)14)18-5-8(4-16-17-15)22-12(18)19/h2-3,8H,4-6H2,1H3. The molecule has 1 fully saturated rings. The third-order valence-corrected chi connectivity index (χ3v) is 2.84. The van der Waals surface area contributed by atoms with Gasteiger partial charge in [-0.1, -0.05) is 5.11 Å². The van der Waals surface area contributed by atoms with Gasteiger partial charge in [0.05, 0.1) is 18.8 Å². The number of benzene rings is 1. The van der Waals surface area contributed by atoms with Crippen LogP contribution >= 0.6 is 0 Å². The molecule has 0 spiro atoms. The molecule has 10 heteroatoms. The van der Waals surface area contributed by atoms with Gasteiger partial charge in [-0.2, -0.15) is 0 Å². The van der Waals surface area contributed by atoms with E-state index in [2.05, 4.69) is 14.8 Å². The first kappa shape index (κ1) is 15.8. The van der Waals surface area contributed by atoms with E-state index in [0.29, 0.717) is 0 Å². The highest BCUT2D eigenvalue weighted by atomic mass is 19.1. The van der Waals surface area contributed by atoms with Gasteiger partial charge in [0.2, 0.25) is 0 Å². The van der Waals surface area contributed by atoms with Crippen LogP contribution in [0.15, 0.2) is 17.2 Å². The highest BCUT2D eigenvalue weighted by Gasteiger charge is 2.33. The van der Waals surface area contributed by atoms with Crippen LogP contribution in [0.2, 0.25) is 0 Å². The number of nitrogens with zero attached hydrogens (tertiary/aromatic N) is 4. The number of azide groups is 1. The molecule has 0 aliphatic carbocycles.